The first-order valence-electron chi connectivity index (χ1n) is 10.8. The SMILES string of the molecule is [C-]#[N+]CC1CCN(c2cc(C)nc3c2c(C)cn3-c2ccc(C(C)C)cc2Br)CC1. The molecule has 0 aliphatic carbocycles. The summed E-state index contributed by atoms with van der Waals surface area (Å²) in [7, 11) is 0. The van der Waals surface area contributed by atoms with Crippen LogP contribution in [0, 0.1) is 26.3 Å². The second kappa shape index (κ2) is 8.43. The Morgan fingerprint density at radius 3 is 2.53 bits per heavy atom. The van der Waals surface area contributed by atoms with Crippen molar-refractivity contribution in [3.8, 4) is 5.69 Å². The second-order valence-corrected chi connectivity index (χ2v) is 9.65. The Labute approximate surface area is 187 Å². The molecule has 4 nitrogen and oxygen atoms in total. The molecule has 0 spiro atoms. The molecule has 0 N–H and O–H groups in total. The van der Waals surface area contributed by atoms with Crippen LogP contribution in [0.25, 0.3) is 21.6 Å². The normalized spacial score (nSPS) is 15.2. The van der Waals surface area contributed by atoms with Gasteiger partial charge < -0.3 is 9.74 Å². The highest BCUT2D eigenvalue weighted by molar-refractivity contribution is 9.10. The van der Waals surface area contributed by atoms with Gasteiger partial charge in [0.2, 0.25) is 6.54 Å². The third-order valence-electron chi connectivity index (χ3n) is 6.26. The number of hydrogen-bond acceptors (Lipinski definition) is 2. The zero-order chi connectivity index (χ0) is 21.4. The molecular weight excluding hydrogens is 436 g/mol. The van der Waals surface area contributed by atoms with Gasteiger partial charge in [-0.15, -0.1) is 0 Å². The van der Waals surface area contributed by atoms with E-state index in [2.05, 4.69) is 88.4 Å². The molecule has 1 saturated heterocycles. The van der Waals surface area contributed by atoms with Crippen LogP contribution in [0.4, 0.5) is 5.69 Å². The van der Waals surface area contributed by atoms with Crippen molar-refractivity contribution in [1.82, 2.24) is 9.55 Å². The molecule has 2 aromatic heterocycles. The van der Waals surface area contributed by atoms with E-state index in [9.17, 15) is 0 Å². The third-order valence-corrected chi connectivity index (χ3v) is 6.89. The first-order chi connectivity index (χ1) is 14.4. The minimum absolute atomic E-state index is 0.497. The van der Waals surface area contributed by atoms with E-state index in [0.717, 1.165) is 47.4 Å². The van der Waals surface area contributed by atoms with Crippen LogP contribution in [-0.4, -0.2) is 29.2 Å². The first-order valence-corrected chi connectivity index (χ1v) is 11.6. The smallest absolute Gasteiger partial charge is 0.217 e. The summed E-state index contributed by atoms with van der Waals surface area (Å²) in [5.41, 5.74) is 7.03. The Morgan fingerprint density at radius 2 is 1.90 bits per heavy atom. The summed E-state index contributed by atoms with van der Waals surface area (Å²) in [6, 6.07) is 8.86. The number of halogens is 1. The van der Waals surface area contributed by atoms with Crippen molar-refractivity contribution in [3.63, 3.8) is 0 Å². The van der Waals surface area contributed by atoms with Gasteiger partial charge in [-0.05, 0) is 77.9 Å². The number of aryl methyl sites for hydroxylation is 2. The predicted octanol–water partition coefficient (Wildman–Crippen LogP) is 6.66. The number of hydrogen-bond donors (Lipinski definition) is 0. The van der Waals surface area contributed by atoms with Crippen LogP contribution in [0.15, 0.2) is 34.9 Å². The zero-order valence-electron chi connectivity index (χ0n) is 18.2. The summed E-state index contributed by atoms with van der Waals surface area (Å²) < 4.78 is 3.32. The van der Waals surface area contributed by atoms with Gasteiger partial charge in [-0.1, -0.05) is 19.9 Å². The van der Waals surface area contributed by atoms with Crippen LogP contribution in [0.5, 0.6) is 0 Å². The molecular formula is C25H29BrN4. The molecule has 4 rings (SSSR count). The Bertz CT molecular complexity index is 1110. The molecule has 0 bridgehead atoms. The van der Waals surface area contributed by atoms with Crippen LogP contribution in [0.3, 0.4) is 0 Å². The summed E-state index contributed by atoms with van der Waals surface area (Å²) >= 11 is 3.80. The van der Waals surface area contributed by atoms with Crippen molar-refractivity contribution < 1.29 is 0 Å². The quantitative estimate of drug-likeness (QED) is 0.403. The standard InChI is InChI=1S/C25H29BrN4/c1-16(2)20-6-7-22(21(26)13-20)30-15-17(3)24-23(12-18(4)28-25(24)30)29-10-8-19(9-11-29)14-27-5/h6-7,12-13,15-16,19H,8-11,14H2,1-4H3. The average molecular weight is 465 g/mol. The lowest BCUT2D eigenvalue weighted by Crippen LogP contribution is -2.34. The highest BCUT2D eigenvalue weighted by Crippen LogP contribution is 2.36. The summed E-state index contributed by atoms with van der Waals surface area (Å²) in [5, 5.41) is 1.24. The van der Waals surface area contributed by atoms with Gasteiger partial charge in [0.25, 0.3) is 0 Å². The molecule has 1 aliphatic rings. The van der Waals surface area contributed by atoms with Crippen molar-refractivity contribution in [2.75, 3.05) is 24.5 Å². The molecule has 5 heteroatoms. The maximum absolute atomic E-state index is 7.15. The lowest BCUT2D eigenvalue weighted by atomic mass is 9.96. The average Bonchev–Trinajstić information content (AvgIpc) is 3.04. The monoisotopic (exact) mass is 464 g/mol. The van der Waals surface area contributed by atoms with Crippen LogP contribution in [0.2, 0.25) is 0 Å². The van der Waals surface area contributed by atoms with E-state index in [1.165, 1.54) is 22.2 Å². The number of piperidine rings is 1. The van der Waals surface area contributed by atoms with E-state index < -0.39 is 0 Å². The maximum Gasteiger partial charge on any atom is 0.217 e. The van der Waals surface area contributed by atoms with Crippen molar-refractivity contribution in [2.24, 2.45) is 5.92 Å². The minimum atomic E-state index is 0.497. The number of fused-ring (bicyclic) bond motifs is 1. The summed E-state index contributed by atoms with van der Waals surface area (Å²) in [4.78, 5) is 11.0. The van der Waals surface area contributed by atoms with Crippen LogP contribution in [0.1, 0.15) is 49.4 Å². The molecule has 3 heterocycles. The van der Waals surface area contributed by atoms with E-state index in [-0.39, 0.29) is 0 Å². The Balaban J connectivity index is 1.78. The number of benzene rings is 1. The van der Waals surface area contributed by atoms with E-state index >= 15 is 0 Å². The fraction of sp³-hybridized carbons (Fsp3) is 0.440. The molecule has 0 saturated carbocycles. The van der Waals surface area contributed by atoms with Gasteiger partial charge >= 0.3 is 0 Å². The van der Waals surface area contributed by atoms with Crippen molar-refractivity contribution in [2.45, 2.75) is 46.5 Å². The fourth-order valence-corrected chi connectivity index (χ4v) is 5.10. The second-order valence-electron chi connectivity index (χ2n) is 8.80. The van der Waals surface area contributed by atoms with E-state index in [0.29, 0.717) is 18.4 Å². The Kier molecular flexibility index (Phi) is 5.88. The molecule has 1 aliphatic heterocycles. The molecule has 156 valence electrons. The van der Waals surface area contributed by atoms with Gasteiger partial charge in [0.15, 0.2) is 0 Å². The van der Waals surface area contributed by atoms with Gasteiger partial charge in [0.1, 0.15) is 5.65 Å². The first kappa shape index (κ1) is 20.9. The molecule has 3 aromatic rings. The predicted molar refractivity (Wildman–Crippen MR) is 129 cm³/mol. The van der Waals surface area contributed by atoms with Gasteiger partial charge in [-0.2, -0.15) is 0 Å². The number of anilines is 1. The number of nitrogens with zero attached hydrogens (tertiary/aromatic N) is 4. The van der Waals surface area contributed by atoms with E-state index in [4.69, 9.17) is 11.6 Å². The molecule has 1 fully saturated rings. The number of pyridine rings is 1. The van der Waals surface area contributed by atoms with E-state index in [1.807, 2.05) is 0 Å². The Hall–Kier alpha value is -2.32. The molecule has 0 radical (unpaired) electrons. The van der Waals surface area contributed by atoms with Crippen LogP contribution < -0.4 is 4.90 Å². The maximum atomic E-state index is 7.15. The highest BCUT2D eigenvalue weighted by Gasteiger charge is 2.24. The fourth-order valence-electron chi connectivity index (χ4n) is 4.51. The summed E-state index contributed by atoms with van der Waals surface area (Å²) in [6.07, 6.45) is 4.39. The minimum Gasteiger partial charge on any atom is -0.371 e. The molecule has 0 amide bonds. The zero-order valence-corrected chi connectivity index (χ0v) is 19.8. The van der Waals surface area contributed by atoms with Crippen molar-refractivity contribution in [1.29, 1.82) is 0 Å². The van der Waals surface area contributed by atoms with E-state index in [1.54, 1.807) is 0 Å². The van der Waals surface area contributed by atoms with Gasteiger partial charge in [-0.25, -0.2) is 11.6 Å². The third kappa shape index (κ3) is 3.86. The van der Waals surface area contributed by atoms with Crippen molar-refractivity contribution in [3.05, 3.63) is 63.2 Å². The molecule has 0 atom stereocenters. The van der Waals surface area contributed by atoms with Gasteiger partial charge in [0.05, 0.1) is 5.69 Å². The van der Waals surface area contributed by atoms with Crippen LogP contribution in [-0.2, 0) is 0 Å². The van der Waals surface area contributed by atoms with Crippen molar-refractivity contribution >= 4 is 32.7 Å². The number of rotatable bonds is 4. The summed E-state index contributed by atoms with van der Waals surface area (Å²) in [6.45, 7) is 18.5. The van der Waals surface area contributed by atoms with Gasteiger partial charge in [0, 0.05) is 46.4 Å². The Morgan fingerprint density at radius 1 is 1.17 bits per heavy atom. The topological polar surface area (TPSA) is 25.4 Å². The number of aromatic nitrogens is 2. The largest absolute Gasteiger partial charge is 0.371 e. The summed E-state index contributed by atoms with van der Waals surface area (Å²) in [5.74, 6) is 1.04. The van der Waals surface area contributed by atoms with Gasteiger partial charge in [-0.3, -0.25) is 4.57 Å². The van der Waals surface area contributed by atoms with Crippen LogP contribution >= 0.6 is 15.9 Å². The molecule has 30 heavy (non-hydrogen) atoms. The molecule has 0 unspecified atom stereocenters. The lowest BCUT2D eigenvalue weighted by Gasteiger charge is -2.32. The highest BCUT2D eigenvalue weighted by atomic mass is 79.9. The molecule has 1 aromatic carbocycles. The lowest BCUT2D eigenvalue weighted by molar-refractivity contribution is 0.431.